The third kappa shape index (κ3) is 9.00. The molecule has 0 aliphatic carbocycles. The summed E-state index contributed by atoms with van der Waals surface area (Å²) >= 11 is 3.22. The fourth-order valence-electron chi connectivity index (χ4n) is 1.76. The Morgan fingerprint density at radius 1 is 1.16 bits per heavy atom. The molecule has 0 amide bonds. The van der Waals surface area contributed by atoms with Gasteiger partial charge in [-0.25, -0.2) is 0 Å². The molecule has 0 bridgehead atoms. The lowest BCUT2D eigenvalue weighted by Gasteiger charge is -2.03. The lowest BCUT2D eigenvalue weighted by molar-refractivity contribution is -0.384. The molecule has 1 aromatic heterocycles. The van der Waals surface area contributed by atoms with E-state index in [0.717, 1.165) is 16.5 Å². The Morgan fingerprint density at radius 2 is 1.76 bits per heavy atom. The van der Waals surface area contributed by atoms with Crippen LogP contribution < -0.4 is 5.56 Å². The van der Waals surface area contributed by atoms with E-state index in [4.69, 9.17) is 0 Å². The van der Waals surface area contributed by atoms with E-state index >= 15 is 0 Å². The van der Waals surface area contributed by atoms with E-state index in [-0.39, 0.29) is 11.2 Å². The summed E-state index contributed by atoms with van der Waals surface area (Å²) in [6.45, 7) is 6.00. The van der Waals surface area contributed by atoms with Gasteiger partial charge in [0.25, 0.3) is 11.2 Å². The van der Waals surface area contributed by atoms with Gasteiger partial charge in [-0.15, -0.1) is 0 Å². The average molecular weight is 409 g/mol. The number of alkyl halides is 1. The first-order valence-electron chi connectivity index (χ1n) is 8.04. The minimum atomic E-state index is -0.429. The first kappa shape index (κ1) is 22.8. The molecule has 2 rings (SSSR count). The number of nitro benzene ring substituents is 1. The Balaban J connectivity index is 0.000000710. The van der Waals surface area contributed by atoms with E-state index in [9.17, 15) is 14.9 Å². The lowest BCUT2D eigenvalue weighted by atomic mass is 10.1. The van der Waals surface area contributed by atoms with E-state index in [1.165, 1.54) is 16.7 Å². The highest BCUT2D eigenvalue weighted by Gasteiger charge is 2.04. The monoisotopic (exact) mass is 408 g/mol. The van der Waals surface area contributed by atoms with Crippen LogP contribution in [-0.2, 0) is 13.5 Å². The molecule has 2 aromatic rings. The van der Waals surface area contributed by atoms with Crippen molar-refractivity contribution in [2.24, 2.45) is 7.05 Å². The fourth-order valence-corrected chi connectivity index (χ4v) is 2.13. The van der Waals surface area contributed by atoms with Crippen molar-refractivity contribution in [1.29, 1.82) is 0 Å². The number of halogens is 1. The van der Waals surface area contributed by atoms with Crippen molar-refractivity contribution < 1.29 is 4.92 Å². The van der Waals surface area contributed by atoms with Crippen molar-refractivity contribution in [3.05, 3.63) is 86.3 Å². The van der Waals surface area contributed by atoms with E-state index in [1.54, 1.807) is 31.4 Å². The van der Waals surface area contributed by atoms with Crippen LogP contribution in [0.2, 0.25) is 0 Å². The molecule has 1 aromatic carbocycles. The molecule has 0 unspecified atom stereocenters. The van der Waals surface area contributed by atoms with Crippen molar-refractivity contribution in [2.75, 3.05) is 5.33 Å². The number of aryl methyl sites for hydroxylation is 1. The molecular weight excluding hydrogens is 384 g/mol. The van der Waals surface area contributed by atoms with Crippen LogP contribution in [0.25, 0.3) is 0 Å². The van der Waals surface area contributed by atoms with E-state index in [2.05, 4.69) is 15.9 Å². The van der Waals surface area contributed by atoms with E-state index < -0.39 is 4.92 Å². The summed E-state index contributed by atoms with van der Waals surface area (Å²) in [6.07, 6.45) is 6.35. The second kappa shape index (κ2) is 13.1. The molecule has 1 heterocycles. The maximum atomic E-state index is 11.4. The Labute approximate surface area is 157 Å². The first-order chi connectivity index (χ1) is 12.0. The number of pyridine rings is 1. The van der Waals surface area contributed by atoms with Gasteiger partial charge in [-0.3, -0.25) is 14.9 Å². The van der Waals surface area contributed by atoms with Gasteiger partial charge in [-0.2, -0.15) is 0 Å². The highest BCUT2D eigenvalue weighted by atomic mass is 79.9. The maximum Gasteiger partial charge on any atom is 0.269 e. The number of aromatic nitrogens is 1. The first-order valence-corrected chi connectivity index (χ1v) is 9.16. The number of nitro groups is 1. The van der Waals surface area contributed by atoms with Crippen molar-refractivity contribution in [3.8, 4) is 0 Å². The van der Waals surface area contributed by atoms with Gasteiger partial charge in [0.2, 0.25) is 0 Å². The predicted molar refractivity (Wildman–Crippen MR) is 108 cm³/mol. The van der Waals surface area contributed by atoms with Crippen LogP contribution >= 0.6 is 15.9 Å². The molecule has 136 valence electrons. The minimum absolute atomic E-state index is 0.0607. The van der Waals surface area contributed by atoms with Crippen molar-refractivity contribution >= 4 is 21.6 Å². The molecule has 0 spiro atoms. The van der Waals surface area contributed by atoms with Gasteiger partial charge in [0.05, 0.1) is 4.92 Å². The van der Waals surface area contributed by atoms with Gasteiger partial charge in [-0.05, 0) is 30.5 Å². The second-order valence-electron chi connectivity index (χ2n) is 4.81. The maximum absolute atomic E-state index is 11.4. The van der Waals surface area contributed by atoms with Gasteiger partial charge in [0.1, 0.15) is 0 Å². The van der Waals surface area contributed by atoms with Gasteiger partial charge >= 0.3 is 0 Å². The van der Waals surface area contributed by atoms with Crippen LogP contribution in [0, 0.1) is 10.1 Å². The van der Waals surface area contributed by atoms with Gasteiger partial charge in [0, 0.05) is 36.8 Å². The second-order valence-corrected chi connectivity index (χ2v) is 5.46. The van der Waals surface area contributed by atoms with Crippen LogP contribution in [-0.4, -0.2) is 14.8 Å². The van der Waals surface area contributed by atoms with Crippen LogP contribution in [0.1, 0.15) is 31.9 Å². The quantitative estimate of drug-likeness (QED) is 0.313. The Morgan fingerprint density at radius 3 is 2.16 bits per heavy atom. The van der Waals surface area contributed by atoms with Gasteiger partial charge in [0.15, 0.2) is 0 Å². The van der Waals surface area contributed by atoms with Crippen LogP contribution in [0.15, 0.2) is 59.5 Å². The Bertz CT molecular complexity index is 722. The van der Waals surface area contributed by atoms with Crippen molar-refractivity contribution in [3.63, 3.8) is 0 Å². The minimum Gasteiger partial charge on any atom is -0.319 e. The normalized spacial score (nSPS) is 9.64. The van der Waals surface area contributed by atoms with E-state index in [0.29, 0.717) is 6.42 Å². The molecule has 25 heavy (non-hydrogen) atoms. The summed E-state index contributed by atoms with van der Waals surface area (Å²) in [6, 6.07) is 9.78. The largest absolute Gasteiger partial charge is 0.319 e. The molecule has 0 saturated carbocycles. The number of rotatable bonds is 4. The Hall–Kier alpha value is -2.21. The zero-order valence-corrected chi connectivity index (χ0v) is 16.7. The molecule has 0 aliphatic rings. The fraction of sp³-hybridized carbons (Fsp3) is 0.316. The van der Waals surface area contributed by atoms with E-state index in [1.807, 2.05) is 39.0 Å². The third-order valence-corrected chi connectivity index (χ3v) is 3.42. The topological polar surface area (TPSA) is 65.1 Å². The zero-order chi connectivity index (χ0) is 19.2. The zero-order valence-electron chi connectivity index (χ0n) is 15.1. The van der Waals surface area contributed by atoms with Gasteiger partial charge < -0.3 is 4.57 Å². The van der Waals surface area contributed by atoms with Crippen LogP contribution in [0.5, 0.6) is 0 Å². The highest BCUT2D eigenvalue weighted by molar-refractivity contribution is 9.09. The van der Waals surface area contributed by atoms with Crippen LogP contribution in [0.4, 0.5) is 5.69 Å². The summed E-state index contributed by atoms with van der Waals surface area (Å²) in [5.74, 6) is 0. The summed E-state index contributed by atoms with van der Waals surface area (Å²) in [7, 11) is 1.69. The van der Waals surface area contributed by atoms with Gasteiger partial charge in [-0.1, -0.05) is 54.1 Å². The van der Waals surface area contributed by atoms with Crippen molar-refractivity contribution in [1.82, 2.24) is 4.57 Å². The molecule has 0 N–H and O–H groups in total. The molecule has 0 saturated heterocycles. The summed E-state index contributed by atoms with van der Waals surface area (Å²) < 4.78 is 1.50. The Kier molecular flexibility index (Phi) is 12.0. The molecule has 0 aliphatic heterocycles. The molecule has 6 heteroatoms. The number of allylic oxidation sites excluding steroid dienone is 2. The number of hydrogen-bond acceptors (Lipinski definition) is 3. The number of hydrogen-bond donors (Lipinski definition) is 0. The van der Waals surface area contributed by atoms with Crippen molar-refractivity contribution in [2.45, 2.75) is 27.2 Å². The molecular formula is C19H25BrN2O3. The number of nitrogens with zero attached hydrogens (tertiary/aromatic N) is 2. The predicted octanol–water partition coefficient (Wildman–Crippen LogP) is 4.87. The standard InChI is InChI=1S/C13H12N2O3.C4H7Br.C2H6/c1-14-7-6-11(9-13(14)16)8-10-2-4-12(5-3-10)15(17)18;1-2-3-4-5;1-2/h2-7,9H,8H2,1H3;2-3H,4H2,1H3;1-2H3/b;3-2+;. The van der Waals surface area contributed by atoms with Crippen LogP contribution in [0.3, 0.4) is 0 Å². The third-order valence-electron chi connectivity index (χ3n) is 3.05. The summed E-state index contributed by atoms with van der Waals surface area (Å²) in [5.41, 5.74) is 1.85. The number of non-ortho nitro benzene ring substituents is 1. The molecule has 0 atom stereocenters. The lowest BCUT2D eigenvalue weighted by Crippen LogP contribution is -2.15. The highest BCUT2D eigenvalue weighted by Crippen LogP contribution is 2.14. The average Bonchev–Trinajstić information content (AvgIpc) is 2.62. The smallest absolute Gasteiger partial charge is 0.269 e. The summed E-state index contributed by atoms with van der Waals surface area (Å²) in [5, 5.41) is 11.5. The molecule has 0 radical (unpaired) electrons. The molecule has 0 fully saturated rings. The number of benzene rings is 1. The molecule has 5 nitrogen and oxygen atoms in total. The summed E-state index contributed by atoms with van der Waals surface area (Å²) in [4.78, 5) is 21.5. The SMILES string of the molecule is C/C=C/CBr.CC.Cn1ccc(Cc2ccc([N+](=O)[O-])cc2)cc1=O.